The third kappa shape index (κ3) is 4.57. The Morgan fingerprint density at radius 1 is 1.15 bits per heavy atom. The number of hydrogen-bond donors (Lipinski definition) is 1. The smallest absolute Gasteiger partial charge is 0.248 e. The number of nitrogens with one attached hydrogen (secondary N) is 1. The van der Waals surface area contributed by atoms with Gasteiger partial charge in [0.05, 0.1) is 11.9 Å². The predicted molar refractivity (Wildman–Crippen MR) is 97.6 cm³/mol. The van der Waals surface area contributed by atoms with Crippen LogP contribution < -0.4 is 9.62 Å². The molecule has 0 aliphatic heterocycles. The Bertz CT molecular complexity index is 916. The molecule has 140 valence electrons. The van der Waals surface area contributed by atoms with Crippen LogP contribution in [0.5, 0.6) is 0 Å². The van der Waals surface area contributed by atoms with Gasteiger partial charge in [0.1, 0.15) is 6.04 Å². The molecule has 26 heavy (non-hydrogen) atoms. The van der Waals surface area contributed by atoms with Crippen LogP contribution in [0.2, 0.25) is 0 Å². The molecular formula is C18H20F2N2O3S. The topological polar surface area (TPSA) is 66.5 Å². The molecule has 8 heteroatoms. The van der Waals surface area contributed by atoms with E-state index in [2.05, 4.69) is 5.32 Å². The van der Waals surface area contributed by atoms with Gasteiger partial charge in [-0.3, -0.25) is 9.10 Å². The van der Waals surface area contributed by atoms with Crippen LogP contribution in [-0.4, -0.2) is 26.6 Å². The number of hydrogen-bond acceptors (Lipinski definition) is 3. The highest BCUT2D eigenvalue weighted by molar-refractivity contribution is 7.92. The fraction of sp³-hybridized carbons (Fsp3) is 0.278. The minimum atomic E-state index is -3.76. The Morgan fingerprint density at radius 2 is 1.85 bits per heavy atom. The van der Waals surface area contributed by atoms with Gasteiger partial charge in [0.15, 0.2) is 11.6 Å². The number of carbonyl (C=O) groups excluding carboxylic acids is 1. The molecule has 2 rings (SSSR count). The third-order valence-electron chi connectivity index (χ3n) is 3.77. The molecule has 0 saturated heterocycles. The van der Waals surface area contributed by atoms with Crippen molar-refractivity contribution in [2.24, 2.45) is 0 Å². The van der Waals surface area contributed by atoms with Gasteiger partial charge < -0.3 is 5.32 Å². The summed E-state index contributed by atoms with van der Waals surface area (Å²) in [6.45, 7) is 3.48. The van der Waals surface area contributed by atoms with Gasteiger partial charge in [-0.05, 0) is 43.2 Å². The molecule has 1 unspecified atom stereocenters. The van der Waals surface area contributed by atoms with Crippen LogP contribution in [0.15, 0.2) is 42.5 Å². The maximum Gasteiger partial charge on any atom is 0.248 e. The number of benzene rings is 2. The van der Waals surface area contributed by atoms with Crippen molar-refractivity contribution in [2.75, 3.05) is 15.9 Å². The van der Waals surface area contributed by atoms with Crippen LogP contribution in [0, 0.1) is 18.6 Å². The summed E-state index contributed by atoms with van der Waals surface area (Å²) in [5, 5.41) is 2.45. The van der Waals surface area contributed by atoms with Crippen molar-refractivity contribution in [3.63, 3.8) is 0 Å². The van der Waals surface area contributed by atoms with Crippen molar-refractivity contribution in [3.05, 3.63) is 59.7 Å². The molecular weight excluding hydrogens is 362 g/mol. The van der Waals surface area contributed by atoms with Crippen LogP contribution in [0.4, 0.5) is 20.2 Å². The highest BCUT2D eigenvalue weighted by atomic mass is 32.2. The maximum absolute atomic E-state index is 13.3. The van der Waals surface area contributed by atoms with Gasteiger partial charge in [0.2, 0.25) is 15.9 Å². The number of sulfonamides is 1. The van der Waals surface area contributed by atoms with Crippen LogP contribution >= 0.6 is 0 Å². The summed E-state index contributed by atoms with van der Waals surface area (Å²) in [6.07, 6.45) is 1.21. The maximum atomic E-state index is 13.3. The first-order chi connectivity index (χ1) is 12.1. The fourth-order valence-electron chi connectivity index (χ4n) is 2.62. The number of anilines is 2. The van der Waals surface area contributed by atoms with E-state index in [9.17, 15) is 22.0 Å². The highest BCUT2D eigenvalue weighted by Gasteiger charge is 2.31. The average molecular weight is 382 g/mol. The Morgan fingerprint density at radius 3 is 2.38 bits per heavy atom. The van der Waals surface area contributed by atoms with Crippen molar-refractivity contribution in [3.8, 4) is 0 Å². The average Bonchev–Trinajstić information content (AvgIpc) is 2.54. The number of aryl methyl sites for hydroxylation is 1. The number of halogens is 2. The van der Waals surface area contributed by atoms with Crippen LogP contribution in [-0.2, 0) is 14.8 Å². The molecule has 0 bridgehead atoms. The molecule has 1 amide bonds. The van der Waals surface area contributed by atoms with E-state index in [4.69, 9.17) is 0 Å². The normalized spacial score (nSPS) is 12.5. The minimum Gasteiger partial charge on any atom is -0.324 e. The van der Waals surface area contributed by atoms with Gasteiger partial charge in [0, 0.05) is 11.8 Å². The first-order valence-electron chi connectivity index (χ1n) is 7.95. The van der Waals surface area contributed by atoms with E-state index in [0.717, 1.165) is 28.3 Å². The lowest BCUT2D eigenvalue weighted by Gasteiger charge is -2.30. The summed E-state index contributed by atoms with van der Waals surface area (Å²) < 4.78 is 52.1. The van der Waals surface area contributed by atoms with Crippen molar-refractivity contribution < 1.29 is 22.0 Å². The van der Waals surface area contributed by atoms with E-state index in [1.54, 1.807) is 25.1 Å². The van der Waals surface area contributed by atoms with Crippen molar-refractivity contribution >= 4 is 27.3 Å². The highest BCUT2D eigenvalue weighted by Crippen LogP contribution is 2.24. The summed E-state index contributed by atoms with van der Waals surface area (Å²) in [7, 11) is -3.76. The molecule has 2 aromatic rings. The Labute approximate surface area is 151 Å². The Kier molecular flexibility index (Phi) is 5.97. The zero-order chi connectivity index (χ0) is 19.5. The van der Waals surface area contributed by atoms with E-state index in [0.29, 0.717) is 5.69 Å². The molecule has 0 aliphatic carbocycles. The van der Waals surface area contributed by atoms with Gasteiger partial charge in [-0.15, -0.1) is 0 Å². The van der Waals surface area contributed by atoms with Gasteiger partial charge in [-0.2, -0.15) is 0 Å². The van der Waals surface area contributed by atoms with Gasteiger partial charge >= 0.3 is 0 Å². The number of amides is 1. The zero-order valence-corrected chi connectivity index (χ0v) is 15.5. The van der Waals surface area contributed by atoms with Crippen LogP contribution in [0.1, 0.15) is 18.9 Å². The summed E-state index contributed by atoms with van der Waals surface area (Å²) in [5.41, 5.74) is 1.25. The lowest BCUT2D eigenvalue weighted by molar-refractivity contribution is -0.117. The SMILES string of the molecule is CCC(C(=O)Nc1ccc(F)c(F)c1)N(c1cccc(C)c1)S(C)(=O)=O. The van der Waals surface area contributed by atoms with Crippen molar-refractivity contribution in [2.45, 2.75) is 26.3 Å². The van der Waals surface area contributed by atoms with Crippen molar-refractivity contribution in [1.29, 1.82) is 0 Å². The number of carbonyl (C=O) groups is 1. The van der Waals surface area contributed by atoms with E-state index < -0.39 is 33.6 Å². The molecule has 1 atom stereocenters. The molecule has 0 aliphatic rings. The van der Waals surface area contributed by atoms with Crippen LogP contribution in [0.25, 0.3) is 0 Å². The molecule has 0 fully saturated rings. The minimum absolute atomic E-state index is 0.0463. The quantitative estimate of drug-likeness (QED) is 0.832. The summed E-state index contributed by atoms with van der Waals surface area (Å²) in [6, 6.07) is 8.67. The fourth-order valence-corrected chi connectivity index (χ4v) is 3.83. The molecule has 0 spiro atoms. The molecule has 0 saturated carbocycles. The van der Waals surface area contributed by atoms with E-state index in [1.165, 1.54) is 6.07 Å². The first kappa shape index (κ1) is 19.8. The molecule has 1 N–H and O–H groups in total. The van der Waals surface area contributed by atoms with Gasteiger partial charge in [0.25, 0.3) is 0 Å². The molecule has 0 aromatic heterocycles. The van der Waals surface area contributed by atoms with E-state index in [-0.39, 0.29) is 12.1 Å². The van der Waals surface area contributed by atoms with Gasteiger partial charge in [-0.25, -0.2) is 17.2 Å². The first-order valence-corrected chi connectivity index (χ1v) is 9.80. The predicted octanol–water partition coefficient (Wildman–Crippen LogP) is 3.46. The molecule has 0 radical (unpaired) electrons. The van der Waals surface area contributed by atoms with Gasteiger partial charge in [-0.1, -0.05) is 19.1 Å². The number of rotatable bonds is 6. The standard InChI is InChI=1S/C18H20F2N2O3S/c1-4-17(18(23)21-13-8-9-15(19)16(20)11-13)22(26(3,24)25)14-7-5-6-12(2)10-14/h5-11,17H,4H2,1-3H3,(H,21,23). The second-order valence-electron chi connectivity index (χ2n) is 5.94. The third-order valence-corrected chi connectivity index (χ3v) is 4.95. The zero-order valence-electron chi connectivity index (χ0n) is 14.7. The largest absolute Gasteiger partial charge is 0.324 e. The lowest BCUT2D eigenvalue weighted by Crippen LogP contribution is -2.47. The Balaban J connectivity index is 2.38. The summed E-state index contributed by atoms with van der Waals surface area (Å²) in [5.74, 6) is -2.77. The summed E-state index contributed by atoms with van der Waals surface area (Å²) in [4.78, 5) is 12.7. The second-order valence-corrected chi connectivity index (χ2v) is 7.80. The molecule has 0 heterocycles. The van der Waals surface area contributed by atoms with E-state index >= 15 is 0 Å². The summed E-state index contributed by atoms with van der Waals surface area (Å²) >= 11 is 0. The molecule has 2 aromatic carbocycles. The monoisotopic (exact) mass is 382 g/mol. The molecule has 5 nitrogen and oxygen atoms in total. The Hall–Kier alpha value is -2.48. The lowest BCUT2D eigenvalue weighted by atomic mass is 10.1. The van der Waals surface area contributed by atoms with Crippen molar-refractivity contribution in [1.82, 2.24) is 0 Å². The van der Waals surface area contributed by atoms with Crippen LogP contribution in [0.3, 0.4) is 0 Å². The van der Waals surface area contributed by atoms with E-state index in [1.807, 2.05) is 13.0 Å². The number of nitrogens with zero attached hydrogens (tertiary/aromatic N) is 1. The second kappa shape index (κ2) is 7.82.